The third kappa shape index (κ3) is 10.7. The second-order valence-corrected chi connectivity index (χ2v) is 1.18. The Morgan fingerprint density at radius 3 is 2.00 bits per heavy atom. The second kappa shape index (κ2) is 5.81. The van der Waals surface area contributed by atoms with Gasteiger partial charge >= 0.3 is 0 Å². The molecule has 0 aromatic rings. The van der Waals surface area contributed by atoms with Crippen molar-refractivity contribution >= 4 is 12.4 Å². The molecule has 0 rings (SSSR count). The molecule has 2 heteroatoms. The average molecular weight is 120 g/mol. The molecule has 1 atom stereocenters. The fraction of sp³-hybridized carbons (Fsp3) is 0.600. The fourth-order valence-corrected chi connectivity index (χ4v) is 0.228. The molecular weight excluding hydrogens is 110 g/mol. The van der Waals surface area contributed by atoms with E-state index in [0.29, 0.717) is 0 Å². The van der Waals surface area contributed by atoms with Crippen LogP contribution in [-0.2, 0) is 0 Å². The Balaban J connectivity index is 0. The minimum atomic E-state index is 0. The molecule has 0 radical (unpaired) electrons. The highest BCUT2D eigenvalue weighted by Crippen LogP contribution is 1.63. The number of nitrogens with two attached hydrogens (primary N) is 1. The summed E-state index contributed by atoms with van der Waals surface area (Å²) in [7, 11) is 0. The van der Waals surface area contributed by atoms with E-state index in [1.165, 1.54) is 0 Å². The Kier molecular flexibility index (Phi) is 8.25. The van der Waals surface area contributed by atoms with Crippen LogP contribution in [0, 0.1) is 11.8 Å². The van der Waals surface area contributed by atoms with Gasteiger partial charge in [-0.2, -0.15) is 0 Å². The third-order valence-corrected chi connectivity index (χ3v) is 0.372. The number of hydrogen-bond donors (Lipinski definition) is 1. The van der Waals surface area contributed by atoms with E-state index < -0.39 is 0 Å². The summed E-state index contributed by atoms with van der Waals surface area (Å²) in [5, 5.41) is 0. The van der Waals surface area contributed by atoms with Crippen molar-refractivity contribution in [3.8, 4) is 11.8 Å². The maximum atomic E-state index is 5.23. The monoisotopic (exact) mass is 119 g/mol. The summed E-state index contributed by atoms with van der Waals surface area (Å²) < 4.78 is 0. The van der Waals surface area contributed by atoms with Gasteiger partial charge in [0, 0.05) is 0 Å². The second-order valence-electron chi connectivity index (χ2n) is 1.18. The minimum absolute atomic E-state index is 0. The van der Waals surface area contributed by atoms with Crippen molar-refractivity contribution in [3.05, 3.63) is 0 Å². The molecule has 0 saturated carbocycles. The van der Waals surface area contributed by atoms with Gasteiger partial charge in [0.1, 0.15) is 0 Å². The van der Waals surface area contributed by atoms with Crippen LogP contribution in [0.1, 0.15) is 13.8 Å². The summed E-state index contributed by atoms with van der Waals surface area (Å²) in [6, 6.07) is 0.0370. The predicted molar refractivity (Wildman–Crippen MR) is 34.3 cm³/mol. The zero-order valence-electron chi connectivity index (χ0n) is 4.56. The Hall–Kier alpha value is -0.190. The lowest BCUT2D eigenvalue weighted by Gasteiger charge is -1.83. The zero-order chi connectivity index (χ0) is 4.99. The molecule has 0 aromatic carbocycles. The van der Waals surface area contributed by atoms with Gasteiger partial charge in [0.25, 0.3) is 0 Å². The van der Waals surface area contributed by atoms with Crippen LogP contribution < -0.4 is 5.73 Å². The van der Waals surface area contributed by atoms with Crippen molar-refractivity contribution in [1.82, 2.24) is 0 Å². The predicted octanol–water partition coefficient (Wildman–Crippen LogP) is 0.779. The Labute approximate surface area is 50.7 Å². The van der Waals surface area contributed by atoms with Crippen LogP contribution in [0.2, 0.25) is 0 Å². The smallest absolute Gasteiger partial charge is 0.0635 e. The molecule has 0 aliphatic carbocycles. The van der Waals surface area contributed by atoms with Crippen LogP contribution in [0.5, 0.6) is 0 Å². The molecule has 0 amide bonds. The largest absolute Gasteiger partial charge is 0.318 e. The van der Waals surface area contributed by atoms with Crippen molar-refractivity contribution in [3.63, 3.8) is 0 Å². The quantitative estimate of drug-likeness (QED) is 0.469. The molecule has 7 heavy (non-hydrogen) atoms. The van der Waals surface area contributed by atoms with Gasteiger partial charge in [-0.25, -0.2) is 0 Å². The Morgan fingerprint density at radius 2 is 2.00 bits per heavy atom. The highest BCUT2D eigenvalue weighted by atomic mass is 35.5. The molecule has 0 aliphatic rings. The molecule has 0 fully saturated rings. The van der Waals surface area contributed by atoms with Gasteiger partial charge in [-0.15, -0.1) is 18.3 Å². The lowest BCUT2D eigenvalue weighted by molar-refractivity contribution is 0.959. The molecule has 0 bridgehead atoms. The summed E-state index contributed by atoms with van der Waals surface area (Å²) in [5.74, 6) is 5.43. The highest BCUT2D eigenvalue weighted by Gasteiger charge is 1.75. The maximum absolute atomic E-state index is 5.23. The number of halogens is 1. The first kappa shape index (κ1) is 9.94. The first-order valence-electron chi connectivity index (χ1n) is 1.95. The van der Waals surface area contributed by atoms with Crippen LogP contribution in [0.25, 0.3) is 0 Å². The van der Waals surface area contributed by atoms with Crippen LogP contribution in [-0.4, -0.2) is 6.04 Å². The Bertz CT molecular complexity index is 77.8. The molecule has 0 saturated heterocycles. The van der Waals surface area contributed by atoms with Crippen LogP contribution in [0.4, 0.5) is 0 Å². The van der Waals surface area contributed by atoms with Gasteiger partial charge in [-0.3, -0.25) is 0 Å². The van der Waals surface area contributed by atoms with E-state index in [2.05, 4.69) is 11.8 Å². The van der Waals surface area contributed by atoms with Crippen LogP contribution >= 0.6 is 12.4 Å². The van der Waals surface area contributed by atoms with Crippen LogP contribution in [0.3, 0.4) is 0 Å². The topological polar surface area (TPSA) is 26.0 Å². The van der Waals surface area contributed by atoms with E-state index >= 15 is 0 Å². The standard InChI is InChI=1S/C5H9N.ClH/c1-3-4-5(2)6;/h5H,6H2,1-2H3;1H. The van der Waals surface area contributed by atoms with E-state index in [1.807, 2.05) is 6.92 Å². The van der Waals surface area contributed by atoms with E-state index in [9.17, 15) is 0 Å². The van der Waals surface area contributed by atoms with Crippen molar-refractivity contribution < 1.29 is 0 Å². The number of hydrogen-bond acceptors (Lipinski definition) is 1. The van der Waals surface area contributed by atoms with Gasteiger partial charge in [-0.05, 0) is 13.8 Å². The lowest BCUT2D eigenvalue weighted by atomic mass is 10.4. The van der Waals surface area contributed by atoms with E-state index in [1.54, 1.807) is 6.92 Å². The summed E-state index contributed by atoms with van der Waals surface area (Å²) >= 11 is 0. The van der Waals surface area contributed by atoms with Crippen LogP contribution in [0.15, 0.2) is 0 Å². The molecule has 0 aromatic heterocycles. The van der Waals surface area contributed by atoms with Gasteiger partial charge in [0.05, 0.1) is 6.04 Å². The summed E-state index contributed by atoms with van der Waals surface area (Å²) in [6.07, 6.45) is 0. The Morgan fingerprint density at radius 1 is 1.57 bits per heavy atom. The summed E-state index contributed by atoms with van der Waals surface area (Å²) in [5.41, 5.74) is 5.23. The molecule has 42 valence electrons. The molecule has 0 aliphatic heterocycles. The van der Waals surface area contributed by atoms with E-state index in [4.69, 9.17) is 5.73 Å². The first-order valence-corrected chi connectivity index (χ1v) is 1.95. The fourth-order valence-electron chi connectivity index (χ4n) is 0.228. The van der Waals surface area contributed by atoms with Crippen molar-refractivity contribution in [2.75, 3.05) is 0 Å². The van der Waals surface area contributed by atoms with Gasteiger partial charge in [-0.1, -0.05) is 5.92 Å². The van der Waals surface area contributed by atoms with Crippen molar-refractivity contribution in [2.24, 2.45) is 5.73 Å². The molecule has 0 spiro atoms. The SMILES string of the molecule is CC#CC(C)N.Cl. The van der Waals surface area contributed by atoms with Gasteiger partial charge < -0.3 is 5.73 Å². The molecule has 2 N–H and O–H groups in total. The first-order chi connectivity index (χ1) is 2.77. The van der Waals surface area contributed by atoms with Crippen molar-refractivity contribution in [1.29, 1.82) is 0 Å². The van der Waals surface area contributed by atoms with E-state index in [-0.39, 0.29) is 18.4 Å². The summed E-state index contributed by atoms with van der Waals surface area (Å²) in [4.78, 5) is 0. The minimum Gasteiger partial charge on any atom is -0.318 e. The zero-order valence-corrected chi connectivity index (χ0v) is 5.38. The average Bonchev–Trinajstić information content (AvgIpc) is 1.35. The van der Waals surface area contributed by atoms with E-state index in [0.717, 1.165) is 0 Å². The van der Waals surface area contributed by atoms with Gasteiger partial charge in [0.15, 0.2) is 0 Å². The van der Waals surface area contributed by atoms with Gasteiger partial charge in [0.2, 0.25) is 0 Å². The molecular formula is C5H10ClN. The molecule has 1 nitrogen and oxygen atoms in total. The normalized spacial score (nSPS) is 10.1. The summed E-state index contributed by atoms with van der Waals surface area (Å²) in [6.45, 7) is 3.64. The third-order valence-electron chi connectivity index (χ3n) is 0.372. The lowest BCUT2D eigenvalue weighted by Crippen LogP contribution is -2.10. The van der Waals surface area contributed by atoms with Crippen molar-refractivity contribution in [2.45, 2.75) is 19.9 Å². The number of rotatable bonds is 0. The maximum Gasteiger partial charge on any atom is 0.0635 e. The molecule has 1 unspecified atom stereocenters. The highest BCUT2D eigenvalue weighted by molar-refractivity contribution is 5.85. The molecule has 0 heterocycles.